The molecule has 0 spiro atoms. The first-order valence-electron chi connectivity index (χ1n) is 7.33. The topological polar surface area (TPSA) is 98.7 Å². The van der Waals surface area contributed by atoms with Crippen molar-refractivity contribution in [1.29, 1.82) is 0 Å². The lowest BCUT2D eigenvalue weighted by Crippen LogP contribution is -2.45. The second kappa shape index (κ2) is 8.21. The lowest BCUT2D eigenvalue weighted by molar-refractivity contribution is -0.144. The van der Waals surface area contributed by atoms with Crippen molar-refractivity contribution in [2.45, 2.75) is 39.2 Å². The number of carboxylic acids is 2. The van der Waals surface area contributed by atoms with Crippen LogP contribution in [0.1, 0.15) is 33.1 Å². The average molecular weight is 286 g/mol. The summed E-state index contributed by atoms with van der Waals surface area (Å²) < 4.78 is 0. The Kier molecular flexibility index (Phi) is 6.95. The van der Waals surface area contributed by atoms with E-state index in [1.54, 1.807) is 0 Å². The first kappa shape index (κ1) is 16.9. The zero-order valence-corrected chi connectivity index (χ0v) is 12.3. The maximum Gasteiger partial charge on any atom is 0.320 e. The second-order valence-electron chi connectivity index (χ2n) is 5.80. The monoisotopic (exact) mass is 286 g/mol. The van der Waals surface area contributed by atoms with Crippen LogP contribution in [0.5, 0.6) is 0 Å². The number of piperidine rings is 2. The molecule has 2 rings (SSSR count). The normalized spacial score (nSPS) is 33.7. The fourth-order valence-electron chi connectivity index (χ4n) is 2.70. The Hall–Kier alpha value is -1.14. The van der Waals surface area contributed by atoms with Crippen molar-refractivity contribution in [2.75, 3.05) is 19.6 Å². The van der Waals surface area contributed by atoms with Gasteiger partial charge in [-0.1, -0.05) is 13.8 Å². The summed E-state index contributed by atoms with van der Waals surface area (Å²) in [5, 5.41) is 23.3. The van der Waals surface area contributed by atoms with Crippen LogP contribution in [0.25, 0.3) is 0 Å². The minimum absolute atomic E-state index is 0.172. The summed E-state index contributed by atoms with van der Waals surface area (Å²) in [6.45, 7) is 6.42. The Morgan fingerprint density at radius 3 is 2.10 bits per heavy atom. The predicted octanol–water partition coefficient (Wildman–Crippen LogP) is 0.776. The number of nitrogens with one attached hydrogen (secondary N) is 2. The van der Waals surface area contributed by atoms with Gasteiger partial charge in [-0.2, -0.15) is 0 Å². The van der Waals surface area contributed by atoms with Crippen molar-refractivity contribution in [2.24, 2.45) is 17.8 Å². The number of carbonyl (C=O) groups is 2. The lowest BCUT2D eigenvalue weighted by Gasteiger charge is -2.26. The molecule has 116 valence electrons. The molecule has 0 saturated carbocycles. The Labute approximate surface area is 119 Å². The molecule has 6 heteroatoms. The van der Waals surface area contributed by atoms with E-state index in [1.807, 2.05) is 13.8 Å². The van der Waals surface area contributed by atoms with Gasteiger partial charge < -0.3 is 20.8 Å². The summed E-state index contributed by atoms with van der Waals surface area (Å²) in [5.41, 5.74) is 0. The van der Waals surface area contributed by atoms with Crippen molar-refractivity contribution in [1.82, 2.24) is 10.6 Å². The summed E-state index contributed by atoms with van der Waals surface area (Å²) >= 11 is 0. The van der Waals surface area contributed by atoms with Crippen molar-refractivity contribution in [3.63, 3.8) is 0 Å². The van der Waals surface area contributed by atoms with E-state index < -0.39 is 11.9 Å². The van der Waals surface area contributed by atoms with Gasteiger partial charge in [-0.25, -0.2) is 0 Å². The highest BCUT2D eigenvalue weighted by Gasteiger charge is 2.27. The van der Waals surface area contributed by atoms with E-state index in [9.17, 15) is 9.59 Å². The SMILES string of the molecule is C[C@H]1CCCN[C@@H]1C(=O)O.C[C@H]1CCNC[C@@H]1C(=O)O. The van der Waals surface area contributed by atoms with Crippen molar-refractivity contribution >= 4 is 11.9 Å². The summed E-state index contributed by atoms with van der Waals surface area (Å²) in [6.07, 6.45) is 3.12. The predicted molar refractivity (Wildman–Crippen MR) is 75.6 cm³/mol. The summed E-state index contributed by atoms with van der Waals surface area (Å²) in [7, 11) is 0. The zero-order chi connectivity index (χ0) is 15.1. The molecule has 6 nitrogen and oxygen atoms in total. The molecule has 20 heavy (non-hydrogen) atoms. The van der Waals surface area contributed by atoms with E-state index in [4.69, 9.17) is 10.2 Å². The second-order valence-corrected chi connectivity index (χ2v) is 5.80. The van der Waals surface area contributed by atoms with Crippen molar-refractivity contribution < 1.29 is 19.8 Å². The highest BCUT2D eigenvalue weighted by atomic mass is 16.4. The highest BCUT2D eigenvalue weighted by Crippen LogP contribution is 2.17. The van der Waals surface area contributed by atoms with Crippen LogP contribution in [0.2, 0.25) is 0 Å². The number of rotatable bonds is 2. The van der Waals surface area contributed by atoms with Gasteiger partial charge in [-0.3, -0.25) is 9.59 Å². The van der Waals surface area contributed by atoms with E-state index in [-0.39, 0.29) is 17.9 Å². The van der Waals surface area contributed by atoms with Gasteiger partial charge >= 0.3 is 11.9 Å². The zero-order valence-electron chi connectivity index (χ0n) is 12.3. The average Bonchev–Trinajstić information content (AvgIpc) is 2.40. The highest BCUT2D eigenvalue weighted by molar-refractivity contribution is 5.73. The number of hydrogen-bond donors (Lipinski definition) is 4. The standard InChI is InChI=1S/2C7H13NO2/c1-5-2-3-8-4-6(5)7(9)10;1-5-3-2-4-8-6(5)7(9)10/h2*5-6,8H,2-4H2,1H3,(H,9,10)/t2*5-,6-/m00/s1. The van der Waals surface area contributed by atoms with E-state index in [2.05, 4.69) is 10.6 Å². The smallest absolute Gasteiger partial charge is 0.320 e. The fourth-order valence-corrected chi connectivity index (χ4v) is 2.70. The van der Waals surface area contributed by atoms with E-state index in [0.29, 0.717) is 12.5 Å². The summed E-state index contributed by atoms with van der Waals surface area (Å²) in [5.74, 6) is -0.939. The van der Waals surface area contributed by atoms with Gasteiger partial charge in [0.15, 0.2) is 0 Å². The molecule has 0 aromatic heterocycles. The van der Waals surface area contributed by atoms with Gasteiger partial charge in [-0.15, -0.1) is 0 Å². The summed E-state index contributed by atoms with van der Waals surface area (Å²) in [4.78, 5) is 21.0. The molecule has 0 unspecified atom stereocenters. The van der Waals surface area contributed by atoms with Crippen LogP contribution < -0.4 is 10.6 Å². The molecule has 2 aliphatic rings. The lowest BCUT2D eigenvalue weighted by atomic mass is 9.88. The minimum Gasteiger partial charge on any atom is -0.481 e. The molecule has 0 aromatic rings. The molecule has 2 heterocycles. The third kappa shape index (κ3) is 5.09. The Morgan fingerprint density at radius 1 is 1.00 bits per heavy atom. The molecule has 0 aromatic carbocycles. The molecule has 0 bridgehead atoms. The van der Waals surface area contributed by atoms with E-state index >= 15 is 0 Å². The molecule has 4 N–H and O–H groups in total. The molecule has 2 fully saturated rings. The number of aliphatic carboxylic acids is 2. The molecule has 0 radical (unpaired) electrons. The van der Waals surface area contributed by atoms with Crippen LogP contribution in [0.3, 0.4) is 0 Å². The molecule has 4 atom stereocenters. The van der Waals surface area contributed by atoms with Crippen LogP contribution in [0, 0.1) is 17.8 Å². The van der Waals surface area contributed by atoms with Gasteiger partial charge in [0.25, 0.3) is 0 Å². The Balaban J connectivity index is 0.000000200. The first-order valence-corrected chi connectivity index (χ1v) is 7.33. The van der Waals surface area contributed by atoms with E-state index in [0.717, 1.165) is 32.4 Å². The molecule has 0 amide bonds. The van der Waals surface area contributed by atoms with Crippen LogP contribution in [-0.4, -0.2) is 47.8 Å². The fraction of sp³-hybridized carbons (Fsp3) is 0.857. The maximum atomic E-state index is 10.5. The Bertz CT molecular complexity index is 303. The van der Waals surface area contributed by atoms with Crippen LogP contribution in [0.15, 0.2) is 0 Å². The van der Waals surface area contributed by atoms with Crippen molar-refractivity contribution in [3.8, 4) is 0 Å². The maximum absolute atomic E-state index is 10.5. The van der Waals surface area contributed by atoms with Gasteiger partial charge in [0.2, 0.25) is 0 Å². The quantitative estimate of drug-likeness (QED) is 0.598. The number of carboxylic acid groups (broad SMARTS) is 2. The van der Waals surface area contributed by atoms with Crippen LogP contribution in [0.4, 0.5) is 0 Å². The molecule has 0 aliphatic carbocycles. The third-order valence-corrected chi connectivity index (χ3v) is 4.18. The van der Waals surface area contributed by atoms with Crippen molar-refractivity contribution in [3.05, 3.63) is 0 Å². The van der Waals surface area contributed by atoms with Crippen LogP contribution in [-0.2, 0) is 9.59 Å². The molecule has 2 aliphatic heterocycles. The third-order valence-electron chi connectivity index (χ3n) is 4.18. The van der Waals surface area contributed by atoms with Crippen LogP contribution >= 0.6 is 0 Å². The van der Waals surface area contributed by atoms with Gasteiger partial charge in [0.1, 0.15) is 6.04 Å². The van der Waals surface area contributed by atoms with E-state index in [1.165, 1.54) is 0 Å². The molecular formula is C14H26N2O4. The summed E-state index contributed by atoms with van der Waals surface area (Å²) in [6, 6.07) is -0.311. The molecular weight excluding hydrogens is 260 g/mol. The van der Waals surface area contributed by atoms with Gasteiger partial charge in [0, 0.05) is 6.54 Å². The Morgan fingerprint density at radius 2 is 1.70 bits per heavy atom. The minimum atomic E-state index is -0.716. The van der Waals surface area contributed by atoms with Gasteiger partial charge in [0.05, 0.1) is 5.92 Å². The number of hydrogen-bond acceptors (Lipinski definition) is 4. The largest absolute Gasteiger partial charge is 0.481 e. The first-order chi connectivity index (χ1) is 9.43. The molecule has 2 saturated heterocycles. The van der Waals surface area contributed by atoms with Gasteiger partial charge in [-0.05, 0) is 44.2 Å².